The molecule has 0 bridgehead atoms. The molecule has 0 unspecified atom stereocenters. The number of esters is 1. The van der Waals surface area contributed by atoms with Gasteiger partial charge in [0.05, 0.1) is 12.6 Å². The van der Waals surface area contributed by atoms with Gasteiger partial charge in [-0.3, -0.25) is 4.98 Å². The van der Waals surface area contributed by atoms with Crippen molar-refractivity contribution in [3.8, 4) is 0 Å². The number of hydrogen-bond donors (Lipinski definition) is 1. The van der Waals surface area contributed by atoms with E-state index >= 15 is 0 Å². The summed E-state index contributed by atoms with van der Waals surface area (Å²) < 4.78 is 31.3. The fourth-order valence-corrected chi connectivity index (χ4v) is 3.76. The molecule has 0 aromatic carbocycles. The monoisotopic (exact) mass is 327 g/mol. The highest BCUT2D eigenvalue weighted by Gasteiger charge is 2.26. The van der Waals surface area contributed by atoms with Crippen LogP contribution in [0.4, 0.5) is 0 Å². The Morgan fingerprint density at radius 3 is 2.90 bits per heavy atom. The van der Waals surface area contributed by atoms with Crippen LogP contribution in [0.3, 0.4) is 0 Å². The van der Waals surface area contributed by atoms with Crippen molar-refractivity contribution in [3.63, 3.8) is 0 Å². The molecule has 0 radical (unpaired) electrons. The number of methoxy groups -OCH3 is 1. The topological polar surface area (TPSA) is 98.2 Å². The van der Waals surface area contributed by atoms with Crippen LogP contribution in [0.5, 0.6) is 0 Å². The summed E-state index contributed by atoms with van der Waals surface area (Å²) in [5, 5.41) is 0. The van der Waals surface area contributed by atoms with Crippen molar-refractivity contribution in [2.24, 2.45) is 0 Å². The second-order valence-corrected chi connectivity index (χ2v) is 6.92. The minimum atomic E-state index is -3.84. The lowest BCUT2D eigenvalue weighted by atomic mass is 10.2. The number of carbonyl (C=O) groups excluding carboxylic acids is 1. The maximum Gasteiger partial charge on any atom is 0.358 e. The largest absolute Gasteiger partial charge is 0.464 e. The molecule has 0 aliphatic carbocycles. The molecule has 9 heteroatoms. The normalized spacial score (nSPS) is 11.3. The van der Waals surface area contributed by atoms with Gasteiger partial charge in [0.1, 0.15) is 0 Å². The first kappa shape index (κ1) is 15.5. The minimum Gasteiger partial charge on any atom is -0.464 e. The fourth-order valence-electron chi connectivity index (χ4n) is 1.58. The highest BCUT2D eigenvalue weighted by Crippen LogP contribution is 2.21. The summed E-state index contributed by atoms with van der Waals surface area (Å²) in [6.45, 7) is 1.94. The van der Waals surface area contributed by atoms with E-state index in [2.05, 4.69) is 19.4 Å². The third-order valence-electron chi connectivity index (χ3n) is 2.76. The fraction of sp³-hybridized carbons (Fsp3) is 0.250. The molecule has 0 amide bonds. The molecular weight excluding hydrogens is 314 g/mol. The number of aryl methyl sites for hydroxylation is 1. The number of carbonyl (C=O) groups is 1. The van der Waals surface area contributed by atoms with E-state index in [9.17, 15) is 13.2 Å². The highest BCUT2D eigenvalue weighted by molar-refractivity contribution is 7.91. The number of nitrogens with one attached hydrogen (secondary N) is 1. The van der Waals surface area contributed by atoms with Crippen molar-refractivity contribution in [2.45, 2.75) is 17.7 Å². The van der Waals surface area contributed by atoms with E-state index < -0.39 is 16.0 Å². The van der Waals surface area contributed by atoms with E-state index in [1.54, 1.807) is 18.5 Å². The summed E-state index contributed by atoms with van der Waals surface area (Å²) in [5.41, 5.74) is 2.75. The molecule has 0 spiro atoms. The Hall–Kier alpha value is -1.84. The number of rotatable bonds is 5. The van der Waals surface area contributed by atoms with Crippen LogP contribution >= 0.6 is 11.3 Å². The Balaban J connectivity index is 2.22. The Kier molecular flexibility index (Phi) is 4.66. The van der Waals surface area contributed by atoms with Crippen LogP contribution in [0.15, 0.2) is 28.2 Å². The minimum absolute atomic E-state index is 0.0838. The van der Waals surface area contributed by atoms with Gasteiger partial charge in [-0.15, -0.1) is 11.3 Å². The number of thiazole rings is 1. The first-order valence-corrected chi connectivity index (χ1v) is 8.23. The Bertz CT molecular complexity index is 755. The van der Waals surface area contributed by atoms with Gasteiger partial charge in [-0.25, -0.2) is 22.9 Å². The van der Waals surface area contributed by atoms with Crippen LogP contribution < -0.4 is 4.72 Å². The maximum absolute atomic E-state index is 12.3. The average Bonchev–Trinajstić information content (AvgIpc) is 2.96. The molecule has 2 aromatic heterocycles. The predicted molar refractivity (Wildman–Crippen MR) is 76.5 cm³/mol. The quantitative estimate of drug-likeness (QED) is 0.826. The number of sulfonamides is 1. The van der Waals surface area contributed by atoms with Crippen LogP contribution in [0.25, 0.3) is 0 Å². The Morgan fingerprint density at radius 1 is 1.48 bits per heavy atom. The number of nitrogens with zero attached hydrogens (tertiary/aromatic N) is 2. The molecule has 7 nitrogen and oxygen atoms in total. The van der Waals surface area contributed by atoms with E-state index in [4.69, 9.17) is 0 Å². The number of pyridine rings is 1. The van der Waals surface area contributed by atoms with Crippen LogP contribution in [-0.4, -0.2) is 31.5 Å². The molecule has 0 saturated carbocycles. The standard InChI is InChI=1S/C12H13N3O4S2/c1-8-3-4-13-5-9(8)6-15-21(17,18)12-10(11(16)19-2)14-7-20-12/h3-5,7,15H,6H2,1-2H3. The summed E-state index contributed by atoms with van der Waals surface area (Å²) in [5.74, 6) is -0.783. The van der Waals surface area contributed by atoms with Gasteiger partial charge in [-0.1, -0.05) is 0 Å². The summed E-state index contributed by atoms with van der Waals surface area (Å²) >= 11 is 0.861. The number of aromatic nitrogens is 2. The van der Waals surface area contributed by atoms with Crippen molar-refractivity contribution in [1.82, 2.24) is 14.7 Å². The molecule has 2 rings (SSSR count). The van der Waals surface area contributed by atoms with E-state index in [0.717, 1.165) is 22.5 Å². The molecular formula is C12H13N3O4S2. The summed E-state index contributed by atoms with van der Waals surface area (Å²) in [6.07, 6.45) is 3.22. The molecule has 0 atom stereocenters. The van der Waals surface area contributed by atoms with Gasteiger partial charge in [-0.2, -0.15) is 0 Å². The third kappa shape index (κ3) is 3.43. The zero-order valence-corrected chi connectivity index (χ0v) is 13.0. The van der Waals surface area contributed by atoms with Crippen LogP contribution in [0.2, 0.25) is 0 Å². The zero-order chi connectivity index (χ0) is 15.5. The van der Waals surface area contributed by atoms with Gasteiger partial charge < -0.3 is 4.74 Å². The Morgan fingerprint density at radius 2 is 2.24 bits per heavy atom. The van der Waals surface area contributed by atoms with Gasteiger partial charge in [0.25, 0.3) is 10.0 Å². The van der Waals surface area contributed by atoms with Gasteiger partial charge in [-0.05, 0) is 24.1 Å². The maximum atomic E-state index is 12.3. The highest BCUT2D eigenvalue weighted by atomic mass is 32.2. The number of ether oxygens (including phenoxy) is 1. The first-order valence-electron chi connectivity index (χ1n) is 5.86. The summed E-state index contributed by atoms with van der Waals surface area (Å²) in [7, 11) is -2.67. The average molecular weight is 327 g/mol. The van der Waals surface area contributed by atoms with Crippen molar-refractivity contribution in [1.29, 1.82) is 0 Å². The van der Waals surface area contributed by atoms with E-state index in [0.29, 0.717) is 0 Å². The molecule has 0 aliphatic heterocycles. The van der Waals surface area contributed by atoms with Gasteiger partial charge in [0.2, 0.25) is 0 Å². The van der Waals surface area contributed by atoms with Crippen LogP contribution in [-0.2, 0) is 21.3 Å². The SMILES string of the molecule is COC(=O)c1ncsc1S(=O)(=O)NCc1cnccc1C. The molecule has 0 fully saturated rings. The summed E-state index contributed by atoms with van der Waals surface area (Å²) in [6, 6.07) is 1.79. The van der Waals surface area contributed by atoms with Crippen molar-refractivity contribution < 1.29 is 17.9 Å². The van der Waals surface area contributed by atoms with Gasteiger partial charge in [0.15, 0.2) is 9.90 Å². The second kappa shape index (κ2) is 6.29. The third-order valence-corrected chi connectivity index (χ3v) is 5.53. The zero-order valence-electron chi connectivity index (χ0n) is 11.4. The second-order valence-electron chi connectivity index (χ2n) is 4.11. The van der Waals surface area contributed by atoms with E-state index in [1.165, 1.54) is 12.6 Å². The molecule has 112 valence electrons. The lowest BCUT2D eigenvalue weighted by Gasteiger charge is -2.07. The first-order chi connectivity index (χ1) is 9.95. The molecule has 2 heterocycles. The molecule has 0 aliphatic rings. The van der Waals surface area contributed by atoms with Crippen molar-refractivity contribution in [3.05, 3.63) is 40.8 Å². The molecule has 0 saturated heterocycles. The van der Waals surface area contributed by atoms with Gasteiger partial charge >= 0.3 is 5.97 Å². The number of hydrogen-bond acceptors (Lipinski definition) is 7. The van der Waals surface area contributed by atoms with Gasteiger partial charge in [0, 0.05) is 18.9 Å². The van der Waals surface area contributed by atoms with E-state index in [-0.39, 0.29) is 16.4 Å². The molecule has 2 aromatic rings. The summed E-state index contributed by atoms with van der Waals surface area (Å²) in [4.78, 5) is 19.2. The molecule has 1 N–H and O–H groups in total. The van der Waals surface area contributed by atoms with Crippen LogP contribution in [0.1, 0.15) is 21.6 Å². The smallest absolute Gasteiger partial charge is 0.358 e. The predicted octanol–water partition coefficient (Wildman–Crippen LogP) is 1.11. The van der Waals surface area contributed by atoms with Crippen molar-refractivity contribution >= 4 is 27.3 Å². The lowest BCUT2D eigenvalue weighted by Crippen LogP contribution is -2.24. The van der Waals surface area contributed by atoms with Crippen molar-refractivity contribution in [2.75, 3.05) is 7.11 Å². The lowest BCUT2D eigenvalue weighted by molar-refractivity contribution is 0.0590. The molecule has 21 heavy (non-hydrogen) atoms. The Labute approximate surface area is 126 Å². The van der Waals surface area contributed by atoms with Crippen LogP contribution in [0, 0.1) is 6.92 Å². The van der Waals surface area contributed by atoms with E-state index in [1.807, 2.05) is 6.92 Å².